The molecule has 0 amide bonds. The van der Waals surface area contributed by atoms with Crippen LogP contribution in [0.1, 0.15) is 39.2 Å². The van der Waals surface area contributed by atoms with E-state index in [1.165, 1.54) is 18.4 Å². The molecule has 0 bridgehead atoms. The third kappa shape index (κ3) is 5.94. The van der Waals surface area contributed by atoms with E-state index < -0.39 is 0 Å². The average molecular weight is 486 g/mol. The molecule has 6 nitrogen and oxygen atoms in total. The number of nitrogens with one attached hydrogen (secondary N) is 2. The Morgan fingerprint density at radius 1 is 1.26 bits per heavy atom. The van der Waals surface area contributed by atoms with Gasteiger partial charge in [-0.1, -0.05) is 13.0 Å². The molecule has 0 aliphatic carbocycles. The van der Waals surface area contributed by atoms with Gasteiger partial charge in [0.15, 0.2) is 5.96 Å². The number of anilines is 1. The summed E-state index contributed by atoms with van der Waals surface area (Å²) in [7, 11) is 1.84. The normalized spacial score (nSPS) is 23.6. The number of nitrogens with zero attached hydrogens (tertiary/aromatic N) is 4. The van der Waals surface area contributed by atoms with Gasteiger partial charge in [-0.25, -0.2) is 4.98 Å². The Morgan fingerprint density at radius 3 is 2.56 bits per heavy atom. The Bertz CT molecular complexity index is 597. The Hall–Kier alpha value is -1.09. The summed E-state index contributed by atoms with van der Waals surface area (Å²) >= 11 is 0. The Kier molecular flexibility index (Phi) is 8.60. The number of aliphatic imine (C=N–C) groups is 1. The second-order valence-electron chi connectivity index (χ2n) is 7.92. The summed E-state index contributed by atoms with van der Waals surface area (Å²) in [6, 6.07) is 5.34. The molecule has 0 spiro atoms. The molecule has 1 aromatic rings. The van der Waals surface area contributed by atoms with Crippen LogP contribution in [0.15, 0.2) is 23.3 Å². The molecule has 1 aromatic heterocycles. The Labute approximate surface area is 181 Å². The number of aromatic nitrogens is 1. The highest BCUT2D eigenvalue weighted by atomic mass is 127. The molecule has 2 N–H and O–H groups in total. The molecule has 27 heavy (non-hydrogen) atoms. The van der Waals surface area contributed by atoms with Gasteiger partial charge < -0.3 is 15.5 Å². The van der Waals surface area contributed by atoms with Crippen LogP contribution < -0.4 is 15.5 Å². The minimum atomic E-state index is 0. The van der Waals surface area contributed by atoms with Crippen LogP contribution in [-0.2, 0) is 6.54 Å². The van der Waals surface area contributed by atoms with Gasteiger partial charge in [0.2, 0.25) is 0 Å². The summed E-state index contributed by atoms with van der Waals surface area (Å²) in [6.07, 6.45) is 4.54. The van der Waals surface area contributed by atoms with Gasteiger partial charge in [0.05, 0.1) is 0 Å². The maximum atomic E-state index is 4.63. The highest BCUT2D eigenvalue weighted by Gasteiger charge is 2.31. The fourth-order valence-corrected chi connectivity index (χ4v) is 3.82. The van der Waals surface area contributed by atoms with Gasteiger partial charge in [-0.2, -0.15) is 0 Å². The van der Waals surface area contributed by atoms with Crippen molar-refractivity contribution in [2.75, 3.05) is 38.1 Å². The standard InChI is InChI=1S/C20H34N6.HI/c1-15(2)26-13-16(3)18(14-26)24-20(21-4)23-12-17-7-8-19(22-11-17)25-9-5-6-10-25;/h7-8,11,15-16,18H,5-6,9-10,12-14H2,1-4H3,(H2,21,23,24);1H. The molecular weight excluding hydrogens is 451 g/mol. The lowest BCUT2D eigenvalue weighted by Gasteiger charge is -2.22. The molecule has 0 saturated carbocycles. The van der Waals surface area contributed by atoms with Gasteiger partial charge >= 0.3 is 0 Å². The number of hydrogen-bond acceptors (Lipinski definition) is 4. The summed E-state index contributed by atoms with van der Waals surface area (Å²) in [6.45, 7) is 12.1. The first kappa shape index (κ1) is 22.2. The molecule has 3 heterocycles. The van der Waals surface area contributed by atoms with Crippen LogP contribution in [0.3, 0.4) is 0 Å². The lowest BCUT2D eigenvalue weighted by atomic mass is 10.1. The van der Waals surface area contributed by atoms with Gasteiger partial charge in [-0.05, 0) is 44.2 Å². The summed E-state index contributed by atoms with van der Waals surface area (Å²) in [5, 5.41) is 7.03. The maximum absolute atomic E-state index is 4.63. The average Bonchev–Trinajstić information content (AvgIpc) is 3.29. The van der Waals surface area contributed by atoms with Crippen LogP contribution in [0, 0.1) is 5.92 Å². The molecule has 2 aliphatic heterocycles. The summed E-state index contributed by atoms with van der Waals surface area (Å²) < 4.78 is 0. The lowest BCUT2D eigenvalue weighted by molar-refractivity contribution is 0.265. The third-order valence-corrected chi connectivity index (χ3v) is 5.62. The molecule has 2 fully saturated rings. The molecule has 0 aromatic carbocycles. The number of likely N-dealkylation sites (tertiary alicyclic amines) is 1. The van der Waals surface area contributed by atoms with Crippen LogP contribution in [0.2, 0.25) is 0 Å². The van der Waals surface area contributed by atoms with Crippen LogP contribution in [0.5, 0.6) is 0 Å². The second kappa shape index (κ2) is 10.5. The summed E-state index contributed by atoms with van der Waals surface area (Å²) in [5.41, 5.74) is 1.18. The van der Waals surface area contributed by atoms with E-state index in [9.17, 15) is 0 Å². The molecule has 7 heteroatoms. The highest BCUT2D eigenvalue weighted by Crippen LogP contribution is 2.19. The van der Waals surface area contributed by atoms with E-state index in [0.717, 1.165) is 44.5 Å². The van der Waals surface area contributed by atoms with E-state index in [1.54, 1.807) is 0 Å². The Morgan fingerprint density at radius 2 is 2.00 bits per heavy atom. The molecular formula is C20H35IN6. The quantitative estimate of drug-likeness (QED) is 0.381. The molecule has 0 radical (unpaired) electrons. The maximum Gasteiger partial charge on any atom is 0.191 e. The fraction of sp³-hybridized carbons (Fsp3) is 0.700. The van der Waals surface area contributed by atoms with Gasteiger partial charge in [-0.3, -0.25) is 9.89 Å². The van der Waals surface area contributed by atoms with Crippen molar-refractivity contribution in [3.05, 3.63) is 23.9 Å². The molecule has 2 atom stereocenters. The monoisotopic (exact) mass is 486 g/mol. The zero-order chi connectivity index (χ0) is 18.5. The fourth-order valence-electron chi connectivity index (χ4n) is 3.82. The van der Waals surface area contributed by atoms with Crippen molar-refractivity contribution in [1.29, 1.82) is 0 Å². The molecule has 2 unspecified atom stereocenters. The van der Waals surface area contributed by atoms with E-state index in [4.69, 9.17) is 0 Å². The van der Waals surface area contributed by atoms with E-state index in [2.05, 4.69) is 63.3 Å². The first-order chi connectivity index (χ1) is 12.6. The van der Waals surface area contributed by atoms with Gasteiger partial charge in [0.25, 0.3) is 0 Å². The van der Waals surface area contributed by atoms with Gasteiger partial charge in [0.1, 0.15) is 5.82 Å². The van der Waals surface area contributed by atoms with Crippen molar-refractivity contribution >= 4 is 35.8 Å². The lowest BCUT2D eigenvalue weighted by Crippen LogP contribution is -2.46. The number of guanidine groups is 1. The SMILES string of the molecule is CN=C(NCc1ccc(N2CCCC2)nc1)NC1CN(C(C)C)CC1C.I. The molecule has 2 aliphatic rings. The van der Waals surface area contributed by atoms with Crippen molar-refractivity contribution in [2.45, 2.75) is 52.2 Å². The second-order valence-corrected chi connectivity index (χ2v) is 7.92. The van der Waals surface area contributed by atoms with Crippen molar-refractivity contribution < 1.29 is 0 Å². The third-order valence-electron chi connectivity index (χ3n) is 5.62. The number of pyridine rings is 1. The number of halogens is 1. The first-order valence-corrected chi connectivity index (χ1v) is 9.98. The zero-order valence-corrected chi connectivity index (χ0v) is 19.4. The van der Waals surface area contributed by atoms with E-state index in [1.807, 2.05) is 13.2 Å². The van der Waals surface area contributed by atoms with Crippen LogP contribution >= 0.6 is 24.0 Å². The predicted octanol–water partition coefficient (Wildman–Crippen LogP) is 2.69. The minimum absolute atomic E-state index is 0. The van der Waals surface area contributed by atoms with E-state index in [0.29, 0.717) is 18.0 Å². The van der Waals surface area contributed by atoms with E-state index >= 15 is 0 Å². The topological polar surface area (TPSA) is 55.8 Å². The first-order valence-electron chi connectivity index (χ1n) is 9.98. The van der Waals surface area contributed by atoms with Crippen molar-refractivity contribution in [2.24, 2.45) is 10.9 Å². The zero-order valence-electron chi connectivity index (χ0n) is 17.1. The van der Waals surface area contributed by atoms with Gasteiger partial charge in [-0.15, -0.1) is 24.0 Å². The Balaban J connectivity index is 0.00000261. The molecule has 152 valence electrons. The van der Waals surface area contributed by atoms with Crippen molar-refractivity contribution in [3.8, 4) is 0 Å². The molecule has 3 rings (SSSR count). The van der Waals surface area contributed by atoms with E-state index in [-0.39, 0.29) is 24.0 Å². The van der Waals surface area contributed by atoms with Crippen LogP contribution in [-0.4, -0.2) is 61.2 Å². The minimum Gasteiger partial charge on any atom is -0.357 e. The molecule has 2 saturated heterocycles. The van der Waals surface area contributed by atoms with Crippen molar-refractivity contribution in [3.63, 3.8) is 0 Å². The predicted molar refractivity (Wildman–Crippen MR) is 124 cm³/mol. The van der Waals surface area contributed by atoms with Crippen molar-refractivity contribution in [1.82, 2.24) is 20.5 Å². The number of rotatable bonds is 5. The number of hydrogen-bond donors (Lipinski definition) is 2. The van der Waals surface area contributed by atoms with Gasteiger partial charge in [0, 0.05) is 58.1 Å². The summed E-state index contributed by atoms with van der Waals surface area (Å²) in [5.74, 6) is 2.59. The van der Waals surface area contributed by atoms with Crippen LogP contribution in [0.25, 0.3) is 0 Å². The van der Waals surface area contributed by atoms with Crippen LogP contribution in [0.4, 0.5) is 5.82 Å². The largest absolute Gasteiger partial charge is 0.357 e. The summed E-state index contributed by atoms with van der Waals surface area (Å²) in [4.78, 5) is 13.9. The smallest absolute Gasteiger partial charge is 0.191 e. The highest BCUT2D eigenvalue weighted by molar-refractivity contribution is 14.0.